The van der Waals surface area contributed by atoms with E-state index < -0.39 is 21.7 Å². The van der Waals surface area contributed by atoms with Gasteiger partial charge < -0.3 is 14.6 Å². The number of rotatable bonds is 4. The molecule has 0 bridgehead atoms. The van der Waals surface area contributed by atoms with E-state index in [1.54, 1.807) is 20.0 Å². The van der Waals surface area contributed by atoms with Gasteiger partial charge in [0.2, 0.25) is 10.0 Å². The Balaban J connectivity index is 1.85. The molecule has 0 atom stereocenters. The van der Waals surface area contributed by atoms with Crippen LogP contribution in [0.5, 0.6) is 0 Å². The normalized spacial score (nSPS) is 15.8. The number of hydrogen-bond acceptors (Lipinski definition) is 4. The van der Waals surface area contributed by atoms with E-state index in [1.165, 1.54) is 33.3 Å². The zero-order chi connectivity index (χ0) is 18.9. The van der Waals surface area contributed by atoms with Gasteiger partial charge in [0.05, 0.1) is 18.9 Å². The number of sulfonamides is 1. The molecule has 1 amide bonds. The number of anilines is 1. The highest BCUT2D eigenvalue weighted by atomic mass is 32.2. The lowest BCUT2D eigenvalue weighted by molar-refractivity contribution is 0.0730. The predicted molar refractivity (Wildman–Crippen MR) is 94.1 cm³/mol. The third kappa shape index (κ3) is 3.64. The number of aromatic nitrogens is 1. The SMILES string of the molecule is Cc1ccc(F)c(NC(=O)c2cc(S(=O)(=O)N3CCOCC3)cn2C)c1. The first-order chi connectivity index (χ1) is 12.3. The molecule has 1 saturated heterocycles. The maximum atomic E-state index is 13.8. The molecular formula is C17H20FN3O4S. The predicted octanol–water partition coefficient (Wildman–Crippen LogP) is 1.75. The van der Waals surface area contributed by atoms with Crippen LogP contribution in [0.2, 0.25) is 0 Å². The average molecular weight is 381 g/mol. The molecule has 1 N–H and O–H groups in total. The summed E-state index contributed by atoms with van der Waals surface area (Å²) < 4.78 is 47.2. The first kappa shape index (κ1) is 18.6. The highest BCUT2D eigenvalue weighted by molar-refractivity contribution is 7.89. The minimum absolute atomic E-state index is 0.0248. The van der Waals surface area contributed by atoms with Crippen LogP contribution in [0.4, 0.5) is 10.1 Å². The van der Waals surface area contributed by atoms with Gasteiger partial charge in [-0.1, -0.05) is 6.07 Å². The van der Waals surface area contributed by atoms with E-state index in [9.17, 15) is 17.6 Å². The summed E-state index contributed by atoms with van der Waals surface area (Å²) in [4.78, 5) is 12.5. The second kappa shape index (κ2) is 7.18. The van der Waals surface area contributed by atoms with Crippen LogP contribution in [0.3, 0.4) is 0 Å². The molecule has 0 saturated carbocycles. The molecule has 9 heteroatoms. The summed E-state index contributed by atoms with van der Waals surface area (Å²) in [6.07, 6.45) is 1.38. The van der Waals surface area contributed by atoms with Crippen LogP contribution in [0.15, 0.2) is 35.4 Å². The molecule has 1 aromatic carbocycles. The minimum atomic E-state index is -3.71. The fourth-order valence-corrected chi connectivity index (χ4v) is 4.24. The molecule has 0 aliphatic carbocycles. The summed E-state index contributed by atoms with van der Waals surface area (Å²) in [5, 5.41) is 2.49. The molecule has 0 radical (unpaired) electrons. The highest BCUT2D eigenvalue weighted by Crippen LogP contribution is 2.21. The average Bonchev–Trinajstić information content (AvgIpc) is 3.01. The van der Waals surface area contributed by atoms with Crippen molar-refractivity contribution in [1.82, 2.24) is 8.87 Å². The van der Waals surface area contributed by atoms with E-state index in [-0.39, 0.29) is 29.4 Å². The molecule has 26 heavy (non-hydrogen) atoms. The fraction of sp³-hybridized carbons (Fsp3) is 0.353. The third-order valence-electron chi connectivity index (χ3n) is 4.19. The first-order valence-electron chi connectivity index (χ1n) is 8.11. The molecule has 140 valence electrons. The molecule has 7 nitrogen and oxygen atoms in total. The number of carbonyl (C=O) groups excluding carboxylic acids is 1. The fourth-order valence-electron chi connectivity index (χ4n) is 2.76. The monoisotopic (exact) mass is 381 g/mol. The van der Waals surface area contributed by atoms with Crippen molar-refractivity contribution in [3.05, 3.63) is 47.5 Å². The van der Waals surface area contributed by atoms with Gasteiger partial charge in [0.1, 0.15) is 16.4 Å². The Labute approximate surface area is 151 Å². The molecule has 1 aromatic heterocycles. The number of halogens is 1. The van der Waals surface area contributed by atoms with Crippen molar-refractivity contribution in [3.8, 4) is 0 Å². The van der Waals surface area contributed by atoms with Crippen LogP contribution in [0.1, 0.15) is 16.1 Å². The number of nitrogens with one attached hydrogen (secondary N) is 1. The molecule has 0 unspecified atom stereocenters. The molecule has 1 aliphatic heterocycles. The van der Waals surface area contributed by atoms with Crippen molar-refractivity contribution in [2.24, 2.45) is 7.05 Å². The topological polar surface area (TPSA) is 80.6 Å². The minimum Gasteiger partial charge on any atom is -0.379 e. The highest BCUT2D eigenvalue weighted by Gasteiger charge is 2.29. The Hall–Kier alpha value is -2.23. The van der Waals surface area contributed by atoms with E-state index in [0.717, 1.165) is 5.56 Å². The van der Waals surface area contributed by atoms with Crippen molar-refractivity contribution in [1.29, 1.82) is 0 Å². The molecule has 2 heterocycles. The van der Waals surface area contributed by atoms with E-state index in [4.69, 9.17) is 4.74 Å². The molecule has 3 rings (SSSR count). The van der Waals surface area contributed by atoms with E-state index in [0.29, 0.717) is 13.2 Å². The van der Waals surface area contributed by atoms with Gasteiger partial charge in [-0.15, -0.1) is 0 Å². The second-order valence-electron chi connectivity index (χ2n) is 6.13. The van der Waals surface area contributed by atoms with Gasteiger partial charge in [-0.3, -0.25) is 4.79 Å². The summed E-state index contributed by atoms with van der Waals surface area (Å²) in [5.74, 6) is -1.14. The molecule has 1 aliphatic rings. The zero-order valence-electron chi connectivity index (χ0n) is 14.5. The van der Waals surface area contributed by atoms with Gasteiger partial charge in [0, 0.05) is 26.3 Å². The summed E-state index contributed by atoms with van der Waals surface area (Å²) in [7, 11) is -2.14. The number of carbonyl (C=O) groups is 1. The largest absolute Gasteiger partial charge is 0.379 e. The van der Waals surface area contributed by atoms with Gasteiger partial charge in [-0.2, -0.15) is 4.31 Å². The number of nitrogens with zero attached hydrogens (tertiary/aromatic N) is 2. The number of morpholine rings is 1. The molecule has 1 fully saturated rings. The van der Waals surface area contributed by atoms with Crippen molar-refractivity contribution in [2.75, 3.05) is 31.6 Å². The number of benzene rings is 1. The number of ether oxygens (including phenoxy) is 1. The van der Waals surface area contributed by atoms with E-state index in [1.807, 2.05) is 0 Å². The quantitative estimate of drug-likeness (QED) is 0.875. The maximum Gasteiger partial charge on any atom is 0.272 e. The lowest BCUT2D eigenvalue weighted by Gasteiger charge is -2.25. The zero-order valence-corrected chi connectivity index (χ0v) is 15.3. The summed E-state index contributed by atoms with van der Waals surface area (Å²) in [5.41, 5.74) is 0.968. The molecule has 0 spiro atoms. The molecular weight excluding hydrogens is 361 g/mol. The van der Waals surface area contributed by atoms with Crippen LogP contribution in [0, 0.1) is 12.7 Å². The van der Waals surface area contributed by atoms with Crippen molar-refractivity contribution in [2.45, 2.75) is 11.8 Å². The van der Waals surface area contributed by atoms with Crippen LogP contribution >= 0.6 is 0 Å². The van der Waals surface area contributed by atoms with Crippen molar-refractivity contribution < 1.29 is 22.3 Å². The van der Waals surface area contributed by atoms with E-state index >= 15 is 0 Å². The smallest absolute Gasteiger partial charge is 0.272 e. The van der Waals surface area contributed by atoms with Gasteiger partial charge in [0.15, 0.2) is 0 Å². The van der Waals surface area contributed by atoms with E-state index in [2.05, 4.69) is 5.32 Å². The van der Waals surface area contributed by atoms with Crippen LogP contribution in [-0.4, -0.2) is 49.5 Å². The van der Waals surface area contributed by atoms with Crippen LogP contribution in [0.25, 0.3) is 0 Å². The Morgan fingerprint density at radius 3 is 2.62 bits per heavy atom. The summed E-state index contributed by atoms with van der Waals surface area (Å²) in [6.45, 7) is 3.00. The summed E-state index contributed by atoms with van der Waals surface area (Å²) in [6, 6.07) is 5.68. The Morgan fingerprint density at radius 2 is 1.92 bits per heavy atom. The lowest BCUT2D eigenvalue weighted by atomic mass is 10.2. The lowest BCUT2D eigenvalue weighted by Crippen LogP contribution is -2.40. The Kier molecular flexibility index (Phi) is 5.12. The van der Waals surface area contributed by atoms with Crippen LogP contribution < -0.4 is 5.32 Å². The Morgan fingerprint density at radius 1 is 1.23 bits per heavy atom. The number of hydrogen-bond donors (Lipinski definition) is 1. The van der Waals surface area contributed by atoms with Gasteiger partial charge in [-0.05, 0) is 30.7 Å². The second-order valence-corrected chi connectivity index (χ2v) is 8.06. The van der Waals surface area contributed by atoms with Gasteiger partial charge in [0.25, 0.3) is 5.91 Å². The van der Waals surface area contributed by atoms with Crippen LogP contribution in [-0.2, 0) is 21.8 Å². The van der Waals surface area contributed by atoms with Crippen molar-refractivity contribution in [3.63, 3.8) is 0 Å². The number of amides is 1. The molecule has 2 aromatic rings. The summed E-state index contributed by atoms with van der Waals surface area (Å²) >= 11 is 0. The van der Waals surface area contributed by atoms with Gasteiger partial charge in [-0.25, -0.2) is 12.8 Å². The Bertz CT molecular complexity index is 933. The maximum absolute atomic E-state index is 13.8. The number of aryl methyl sites for hydroxylation is 2. The van der Waals surface area contributed by atoms with Crippen molar-refractivity contribution >= 4 is 21.6 Å². The third-order valence-corrected chi connectivity index (χ3v) is 6.05. The first-order valence-corrected chi connectivity index (χ1v) is 9.55. The van der Waals surface area contributed by atoms with Gasteiger partial charge >= 0.3 is 0 Å². The standard InChI is InChI=1S/C17H20FN3O4S/c1-12-3-4-14(18)15(9-12)19-17(22)16-10-13(11-20(16)2)26(23,24)21-5-7-25-8-6-21/h3-4,9-11H,5-8H2,1-2H3,(H,19,22).